The van der Waals surface area contributed by atoms with Gasteiger partial charge in [-0.15, -0.1) is 0 Å². The fourth-order valence-corrected chi connectivity index (χ4v) is 1.86. The Bertz CT molecular complexity index is 372. The van der Waals surface area contributed by atoms with Gasteiger partial charge in [-0.05, 0) is 24.5 Å². The molecule has 0 bridgehead atoms. The summed E-state index contributed by atoms with van der Waals surface area (Å²) in [5.41, 5.74) is 6.45. The van der Waals surface area contributed by atoms with Crippen LogP contribution in [0.15, 0.2) is 18.3 Å². The van der Waals surface area contributed by atoms with Crippen LogP contribution in [0.5, 0.6) is 0 Å². The second-order valence-corrected chi connectivity index (χ2v) is 4.18. The minimum absolute atomic E-state index is 0.299. The van der Waals surface area contributed by atoms with Gasteiger partial charge in [0.25, 0.3) is 5.91 Å². The van der Waals surface area contributed by atoms with Crippen molar-refractivity contribution in [3.05, 3.63) is 29.6 Å². The second kappa shape index (κ2) is 5.75. The van der Waals surface area contributed by atoms with Gasteiger partial charge in [0.05, 0.1) is 6.10 Å². The summed E-state index contributed by atoms with van der Waals surface area (Å²) in [4.78, 5) is 14.8. The number of pyridine rings is 1. The molecule has 2 heterocycles. The van der Waals surface area contributed by atoms with Crippen molar-refractivity contribution in [2.75, 3.05) is 13.2 Å². The molecule has 3 N–H and O–H groups in total. The van der Waals surface area contributed by atoms with E-state index in [2.05, 4.69) is 10.3 Å². The fraction of sp³-hybridized carbons (Fsp3) is 0.500. The van der Waals surface area contributed by atoms with Crippen LogP contribution in [-0.2, 0) is 11.3 Å². The molecule has 1 aromatic rings. The van der Waals surface area contributed by atoms with E-state index in [1.165, 1.54) is 0 Å². The fourth-order valence-electron chi connectivity index (χ4n) is 1.86. The number of nitrogens with one attached hydrogen (secondary N) is 1. The first kappa shape index (κ1) is 12.0. The van der Waals surface area contributed by atoms with Gasteiger partial charge >= 0.3 is 0 Å². The van der Waals surface area contributed by atoms with Crippen LogP contribution in [0.3, 0.4) is 0 Å². The van der Waals surface area contributed by atoms with Crippen LogP contribution in [0.4, 0.5) is 0 Å². The van der Waals surface area contributed by atoms with Gasteiger partial charge in [-0.2, -0.15) is 0 Å². The maximum Gasteiger partial charge on any atom is 0.267 e. The molecule has 1 aliphatic heterocycles. The number of nitrogens with two attached hydrogens (primary N) is 1. The highest BCUT2D eigenvalue weighted by molar-refractivity contribution is 5.90. The molecule has 92 valence electrons. The number of hydrogen-bond donors (Lipinski definition) is 2. The van der Waals surface area contributed by atoms with E-state index in [0.717, 1.165) is 38.1 Å². The summed E-state index contributed by atoms with van der Waals surface area (Å²) in [6.07, 6.45) is 4.29. The number of ether oxygens (including phenoxy) is 1. The zero-order valence-electron chi connectivity index (χ0n) is 9.69. The molecule has 1 fully saturated rings. The van der Waals surface area contributed by atoms with Gasteiger partial charge < -0.3 is 15.8 Å². The quantitative estimate of drug-likeness (QED) is 0.776. The number of rotatable bonds is 5. The summed E-state index contributed by atoms with van der Waals surface area (Å²) in [7, 11) is 0. The summed E-state index contributed by atoms with van der Waals surface area (Å²) in [6.45, 7) is 2.46. The van der Waals surface area contributed by atoms with Crippen molar-refractivity contribution in [2.24, 2.45) is 5.73 Å². The molecule has 17 heavy (non-hydrogen) atoms. The molecule has 0 aliphatic carbocycles. The molecule has 0 radical (unpaired) electrons. The topological polar surface area (TPSA) is 77.2 Å². The highest BCUT2D eigenvalue weighted by atomic mass is 16.5. The Kier molecular flexibility index (Phi) is 4.06. The van der Waals surface area contributed by atoms with E-state index in [0.29, 0.717) is 11.8 Å². The Morgan fingerprint density at radius 2 is 2.47 bits per heavy atom. The number of hydrogen-bond acceptors (Lipinski definition) is 4. The first-order valence-corrected chi connectivity index (χ1v) is 5.83. The van der Waals surface area contributed by atoms with Crippen LogP contribution >= 0.6 is 0 Å². The highest BCUT2D eigenvalue weighted by Gasteiger charge is 2.14. The van der Waals surface area contributed by atoms with Crippen LogP contribution in [0.25, 0.3) is 0 Å². The molecule has 5 nitrogen and oxygen atoms in total. The minimum Gasteiger partial charge on any atom is -0.377 e. The molecular formula is C12H17N3O2. The number of amides is 1. The van der Waals surface area contributed by atoms with Crippen molar-refractivity contribution < 1.29 is 9.53 Å². The summed E-state index contributed by atoms with van der Waals surface area (Å²) in [6, 6.07) is 3.50. The molecule has 5 heteroatoms. The monoisotopic (exact) mass is 235 g/mol. The van der Waals surface area contributed by atoms with Gasteiger partial charge in [0.15, 0.2) is 0 Å². The summed E-state index contributed by atoms with van der Waals surface area (Å²) in [5, 5.41) is 3.31. The number of carbonyl (C=O) groups excluding carboxylic acids is 1. The maximum absolute atomic E-state index is 10.8. The van der Waals surface area contributed by atoms with Crippen LogP contribution in [0.2, 0.25) is 0 Å². The lowest BCUT2D eigenvalue weighted by Crippen LogP contribution is -2.25. The lowest BCUT2D eigenvalue weighted by molar-refractivity contribution is 0.0995. The van der Waals surface area contributed by atoms with E-state index in [-0.39, 0.29) is 0 Å². The van der Waals surface area contributed by atoms with Gasteiger partial charge in [-0.3, -0.25) is 9.78 Å². The van der Waals surface area contributed by atoms with E-state index in [1.54, 1.807) is 12.3 Å². The van der Waals surface area contributed by atoms with Crippen LogP contribution in [-0.4, -0.2) is 30.1 Å². The average Bonchev–Trinajstić information content (AvgIpc) is 2.83. The molecule has 0 unspecified atom stereocenters. The van der Waals surface area contributed by atoms with Crippen molar-refractivity contribution in [2.45, 2.75) is 25.5 Å². The molecule has 0 aromatic carbocycles. The van der Waals surface area contributed by atoms with E-state index < -0.39 is 5.91 Å². The highest BCUT2D eigenvalue weighted by Crippen LogP contribution is 2.10. The molecule has 1 amide bonds. The SMILES string of the molecule is NC(=O)c1ccc(CNC[C@H]2CCCO2)cn1. The number of primary amides is 1. The Morgan fingerprint density at radius 3 is 3.06 bits per heavy atom. The lowest BCUT2D eigenvalue weighted by Gasteiger charge is -2.10. The number of nitrogens with zero attached hydrogens (tertiary/aromatic N) is 1. The number of carbonyl (C=O) groups is 1. The Hall–Kier alpha value is -1.46. The number of aromatic nitrogens is 1. The third-order valence-electron chi connectivity index (χ3n) is 2.80. The van der Waals surface area contributed by atoms with Crippen molar-refractivity contribution in [1.82, 2.24) is 10.3 Å². The standard InChI is InChI=1S/C12H17N3O2/c13-12(16)11-4-3-9(7-15-11)6-14-8-10-2-1-5-17-10/h3-4,7,10,14H,1-2,5-6,8H2,(H2,13,16)/t10-/m1/s1. The predicted molar refractivity (Wildman–Crippen MR) is 63.4 cm³/mol. The molecular weight excluding hydrogens is 218 g/mol. The predicted octanol–water partition coefficient (Wildman–Crippen LogP) is 0.449. The Morgan fingerprint density at radius 1 is 1.59 bits per heavy atom. The largest absolute Gasteiger partial charge is 0.377 e. The van der Waals surface area contributed by atoms with E-state index in [9.17, 15) is 4.79 Å². The first-order chi connectivity index (χ1) is 8.25. The minimum atomic E-state index is -0.496. The van der Waals surface area contributed by atoms with Gasteiger partial charge in [0.1, 0.15) is 5.69 Å². The third kappa shape index (κ3) is 3.51. The molecule has 1 aromatic heterocycles. The molecule has 1 atom stereocenters. The zero-order chi connectivity index (χ0) is 12.1. The van der Waals surface area contributed by atoms with Gasteiger partial charge in [0, 0.05) is 25.9 Å². The average molecular weight is 235 g/mol. The molecule has 1 aliphatic rings. The van der Waals surface area contributed by atoms with Crippen molar-refractivity contribution in [3.63, 3.8) is 0 Å². The summed E-state index contributed by atoms with van der Waals surface area (Å²) < 4.78 is 5.50. The molecule has 1 saturated heterocycles. The van der Waals surface area contributed by atoms with E-state index in [4.69, 9.17) is 10.5 Å². The summed E-state index contributed by atoms with van der Waals surface area (Å²) >= 11 is 0. The van der Waals surface area contributed by atoms with Gasteiger partial charge in [-0.25, -0.2) is 0 Å². The van der Waals surface area contributed by atoms with E-state index in [1.807, 2.05) is 6.07 Å². The second-order valence-electron chi connectivity index (χ2n) is 4.18. The van der Waals surface area contributed by atoms with Gasteiger partial charge in [0.2, 0.25) is 0 Å². The Balaban J connectivity index is 1.76. The molecule has 0 saturated carbocycles. The van der Waals surface area contributed by atoms with Crippen molar-refractivity contribution >= 4 is 5.91 Å². The van der Waals surface area contributed by atoms with Crippen molar-refractivity contribution in [3.8, 4) is 0 Å². The van der Waals surface area contributed by atoms with E-state index >= 15 is 0 Å². The van der Waals surface area contributed by atoms with Gasteiger partial charge in [-0.1, -0.05) is 6.07 Å². The molecule has 0 spiro atoms. The first-order valence-electron chi connectivity index (χ1n) is 5.83. The summed E-state index contributed by atoms with van der Waals surface area (Å²) in [5.74, 6) is -0.496. The van der Waals surface area contributed by atoms with Crippen LogP contribution < -0.4 is 11.1 Å². The van der Waals surface area contributed by atoms with Crippen molar-refractivity contribution in [1.29, 1.82) is 0 Å². The van der Waals surface area contributed by atoms with Crippen LogP contribution in [0, 0.1) is 0 Å². The third-order valence-corrected chi connectivity index (χ3v) is 2.80. The smallest absolute Gasteiger partial charge is 0.267 e. The normalized spacial score (nSPS) is 19.4. The zero-order valence-corrected chi connectivity index (χ0v) is 9.69. The van der Waals surface area contributed by atoms with Crippen LogP contribution in [0.1, 0.15) is 28.9 Å². The Labute approximate surface area is 100 Å². The maximum atomic E-state index is 10.8. The molecule has 2 rings (SSSR count). The lowest BCUT2D eigenvalue weighted by atomic mass is 10.2.